The SMILES string of the molecule is CCOC1(C(O)c2cncc(F)c2)CCC(C)(C)CC1. The standard InChI is InChI=1S/C16H24FNO2/c1-4-20-16(7-5-15(2,3)6-8-16)14(19)12-9-13(17)11-18-10-12/h9-11,14,19H,4-8H2,1-3H3. The van der Waals surface area contributed by atoms with Crippen molar-refractivity contribution in [1.29, 1.82) is 0 Å². The second kappa shape index (κ2) is 5.78. The van der Waals surface area contributed by atoms with Gasteiger partial charge in [0.25, 0.3) is 0 Å². The number of aliphatic hydroxyl groups is 1. The zero-order valence-corrected chi connectivity index (χ0v) is 12.5. The third kappa shape index (κ3) is 3.18. The van der Waals surface area contributed by atoms with Gasteiger partial charge in [0.1, 0.15) is 11.9 Å². The average molecular weight is 281 g/mol. The molecule has 0 aliphatic heterocycles. The van der Waals surface area contributed by atoms with Crippen LogP contribution < -0.4 is 0 Å². The van der Waals surface area contributed by atoms with Crippen molar-refractivity contribution in [1.82, 2.24) is 4.98 Å². The van der Waals surface area contributed by atoms with E-state index < -0.39 is 17.5 Å². The summed E-state index contributed by atoms with van der Waals surface area (Å²) in [5.74, 6) is -0.427. The first kappa shape index (κ1) is 15.4. The number of rotatable bonds is 4. The molecule has 1 N–H and O–H groups in total. The van der Waals surface area contributed by atoms with Gasteiger partial charge in [0, 0.05) is 18.4 Å². The van der Waals surface area contributed by atoms with Crippen LogP contribution in [0.4, 0.5) is 4.39 Å². The van der Waals surface area contributed by atoms with Crippen molar-refractivity contribution in [3.05, 3.63) is 29.8 Å². The Morgan fingerprint density at radius 2 is 1.95 bits per heavy atom. The molecule has 1 heterocycles. The molecule has 0 aromatic carbocycles. The summed E-state index contributed by atoms with van der Waals surface area (Å²) in [5, 5.41) is 10.7. The van der Waals surface area contributed by atoms with Gasteiger partial charge in [0.2, 0.25) is 0 Å². The van der Waals surface area contributed by atoms with E-state index in [-0.39, 0.29) is 5.41 Å². The molecule has 1 saturated carbocycles. The lowest BCUT2D eigenvalue weighted by Gasteiger charge is -2.45. The van der Waals surface area contributed by atoms with Crippen LogP contribution in [0.2, 0.25) is 0 Å². The van der Waals surface area contributed by atoms with Crippen molar-refractivity contribution >= 4 is 0 Å². The summed E-state index contributed by atoms with van der Waals surface area (Å²) in [6, 6.07) is 1.35. The van der Waals surface area contributed by atoms with Crippen molar-refractivity contribution in [2.75, 3.05) is 6.61 Å². The lowest BCUT2D eigenvalue weighted by atomic mass is 9.68. The molecule has 0 saturated heterocycles. The Morgan fingerprint density at radius 1 is 1.30 bits per heavy atom. The minimum Gasteiger partial charge on any atom is -0.385 e. The lowest BCUT2D eigenvalue weighted by molar-refractivity contribution is -0.153. The minimum absolute atomic E-state index is 0.278. The number of halogens is 1. The Kier molecular flexibility index (Phi) is 4.45. The van der Waals surface area contributed by atoms with Crippen LogP contribution in [0.1, 0.15) is 58.1 Å². The third-order valence-electron chi connectivity index (χ3n) is 4.42. The van der Waals surface area contributed by atoms with Gasteiger partial charge >= 0.3 is 0 Å². The van der Waals surface area contributed by atoms with Crippen LogP contribution in [-0.2, 0) is 4.74 Å². The maximum Gasteiger partial charge on any atom is 0.141 e. The highest BCUT2D eigenvalue weighted by molar-refractivity contribution is 5.18. The van der Waals surface area contributed by atoms with E-state index in [9.17, 15) is 9.50 Å². The molecule has 0 bridgehead atoms. The molecule has 20 heavy (non-hydrogen) atoms. The molecular weight excluding hydrogens is 257 g/mol. The molecule has 1 aliphatic carbocycles. The molecular formula is C16H24FNO2. The van der Waals surface area contributed by atoms with E-state index in [0.717, 1.165) is 31.9 Å². The Bertz CT molecular complexity index is 452. The molecule has 2 rings (SSSR count). The number of hydrogen-bond acceptors (Lipinski definition) is 3. The third-order valence-corrected chi connectivity index (χ3v) is 4.42. The van der Waals surface area contributed by atoms with Crippen LogP contribution in [0.3, 0.4) is 0 Å². The van der Waals surface area contributed by atoms with Gasteiger partial charge in [-0.2, -0.15) is 0 Å². The summed E-state index contributed by atoms with van der Waals surface area (Å²) >= 11 is 0. The van der Waals surface area contributed by atoms with Crippen molar-refractivity contribution in [3.8, 4) is 0 Å². The van der Waals surface area contributed by atoms with Crippen LogP contribution >= 0.6 is 0 Å². The first-order chi connectivity index (χ1) is 9.38. The molecule has 4 heteroatoms. The van der Waals surface area contributed by atoms with E-state index in [4.69, 9.17) is 4.74 Å². The van der Waals surface area contributed by atoms with Crippen LogP contribution in [0, 0.1) is 11.2 Å². The zero-order valence-electron chi connectivity index (χ0n) is 12.5. The molecule has 1 aromatic rings. The average Bonchev–Trinajstić information content (AvgIpc) is 2.41. The van der Waals surface area contributed by atoms with E-state index in [1.54, 1.807) is 0 Å². The van der Waals surface area contributed by atoms with Gasteiger partial charge in [0.15, 0.2) is 0 Å². The van der Waals surface area contributed by atoms with Crippen molar-refractivity contribution in [2.24, 2.45) is 5.41 Å². The fourth-order valence-electron chi connectivity index (χ4n) is 3.02. The van der Waals surface area contributed by atoms with Crippen LogP contribution in [0.25, 0.3) is 0 Å². The first-order valence-electron chi connectivity index (χ1n) is 7.31. The molecule has 1 unspecified atom stereocenters. The predicted octanol–water partition coefficient (Wildman–Crippen LogP) is 3.63. The number of aliphatic hydroxyl groups excluding tert-OH is 1. The maximum atomic E-state index is 13.3. The zero-order chi connectivity index (χ0) is 14.8. The Balaban J connectivity index is 2.24. The summed E-state index contributed by atoms with van der Waals surface area (Å²) in [4.78, 5) is 3.83. The number of ether oxygens (including phenoxy) is 1. The highest BCUT2D eigenvalue weighted by Crippen LogP contribution is 2.47. The van der Waals surface area contributed by atoms with E-state index in [1.165, 1.54) is 12.3 Å². The topological polar surface area (TPSA) is 42.4 Å². The molecule has 3 nitrogen and oxygen atoms in total. The smallest absolute Gasteiger partial charge is 0.141 e. The first-order valence-corrected chi connectivity index (χ1v) is 7.31. The summed E-state index contributed by atoms with van der Waals surface area (Å²) in [5.41, 5.74) is 0.165. The maximum absolute atomic E-state index is 13.3. The second-order valence-corrected chi connectivity index (χ2v) is 6.50. The number of aromatic nitrogens is 1. The van der Waals surface area contributed by atoms with Crippen molar-refractivity contribution in [2.45, 2.75) is 58.2 Å². The van der Waals surface area contributed by atoms with Gasteiger partial charge in [-0.15, -0.1) is 0 Å². The fourth-order valence-corrected chi connectivity index (χ4v) is 3.02. The van der Waals surface area contributed by atoms with Gasteiger partial charge in [-0.1, -0.05) is 13.8 Å². The number of nitrogens with zero attached hydrogens (tertiary/aromatic N) is 1. The van der Waals surface area contributed by atoms with E-state index >= 15 is 0 Å². The number of pyridine rings is 1. The molecule has 112 valence electrons. The molecule has 1 aliphatic rings. The Morgan fingerprint density at radius 3 is 2.50 bits per heavy atom. The van der Waals surface area contributed by atoms with Gasteiger partial charge < -0.3 is 9.84 Å². The highest BCUT2D eigenvalue weighted by atomic mass is 19.1. The molecule has 1 atom stereocenters. The summed E-state index contributed by atoms with van der Waals surface area (Å²) in [6.07, 6.45) is 5.39. The Hall–Kier alpha value is -1.00. The normalized spacial score (nSPS) is 22.4. The van der Waals surface area contributed by atoms with Crippen LogP contribution in [0.15, 0.2) is 18.5 Å². The lowest BCUT2D eigenvalue weighted by Crippen LogP contribution is -2.44. The van der Waals surface area contributed by atoms with E-state index in [0.29, 0.717) is 12.2 Å². The predicted molar refractivity (Wildman–Crippen MR) is 75.8 cm³/mol. The molecule has 0 radical (unpaired) electrons. The minimum atomic E-state index is -0.832. The van der Waals surface area contributed by atoms with E-state index in [1.807, 2.05) is 6.92 Å². The van der Waals surface area contributed by atoms with Crippen LogP contribution in [-0.4, -0.2) is 22.3 Å². The van der Waals surface area contributed by atoms with Crippen molar-refractivity contribution in [3.63, 3.8) is 0 Å². The monoisotopic (exact) mass is 281 g/mol. The molecule has 1 aromatic heterocycles. The van der Waals surface area contributed by atoms with Gasteiger partial charge in [-0.25, -0.2) is 4.39 Å². The van der Waals surface area contributed by atoms with Gasteiger partial charge in [0.05, 0.1) is 11.8 Å². The molecule has 0 amide bonds. The van der Waals surface area contributed by atoms with Gasteiger partial charge in [-0.3, -0.25) is 4.98 Å². The summed E-state index contributed by atoms with van der Waals surface area (Å²) in [6.45, 7) is 6.94. The Labute approximate surface area is 120 Å². The number of hydrogen-bond donors (Lipinski definition) is 1. The van der Waals surface area contributed by atoms with Crippen LogP contribution in [0.5, 0.6) is 0 Å². The quantitative estimate of drug-likeness (QED) is 0.916. The molecule has 0 spiro atoms. The van der Waals surface area contributed by atoms with E-state index in [2.05, 4.69) is 18.8 Å². The largest absolute Gasteiger partial charge is 0.385 e. The summed E-state index contributed by atoms with van der Waals surface area (Å²) < 4.78 is 19.2. The summed E-state index contributed by atoms with van der Waals surface area (Å²) in [7, 11) is 0. The highest BCUT2D eigenvalue weighted by Gasteiger charge is 2.45. The van der Waals surface area contributed by atoms with Gasteiger partial charge in [-0.05, 0) is 44.1 Å². The molecule has 1 fully saturated rings. The van der Waals surface area contributed by atoms with Crippen molar-refractivity contribution < 1.29 is 14.2 Å². The fraction of sp³-hybridized carbons (Fsp3) is 0.688. The second-order valence-electron chi connectivity index (χ2n) is 6.50.